The zero-order valence-corrected chi connectivity index (χ0v) is 46.4. The molecule has 71 heavy (non-hydrogen) atoms. The van der Waals surface area contributed by atoms with Gasteiger partial charge in [0.05, 0.1) is 41.1 Å². The van der Waals surface area contributed by atoms with Crippen molar-refractivity contribution in [3.8, 4) is 0 Å². The second-order valence-electron chi connectivity index (χ2n) is 23.2. The third kappa shape index (κ3) is 13.6. The molecule has 3 aliphatic heterocycles. The van der Waals surface area contributed by atoms with Crippen molar-refractivity contribution in [1.29, 1.82) is 0 Å². The number of carbonyl (C=O) groups excluding carboxylic acids is 1. The average Bonchev–Trinajstić information content (AvgIpc) is 3.78. The number of likely N-dealkylation sites (N-methyl/N-ethyl adjacent to an activating group) is 2. The van der Waals surface area contributed by atoms with E-state index in [0.717, 1.165) is 11.1 Å². The number of aliphatic hydroxyl groups excluding tert-OH is 1. The molecule has 0 saturated carbocycles. The van der Waals surface area contributed by atoms with E-state index in [9.17, 15) is 29.6 Å². The molecule has 4 N–H and O–H groups in total. The maximum Gasteiger partial charge on any atom is 0.309 e. The standard InChI is InChI=1S/C54H91ClFN5O10/c1-16-45-53(11,65)48(62)38(7)60(13)30-33(2)24-52(10,64)51(9,37(6)46(36(5)49(63)70-45)44-27-50(8,68-15)25-35(4)69-44)32-54(66)26-42(23-34(3)71-54)59(12)22-21-41-31-61(58-57-41)43(29-56)47(67-14)40-19-17-39(28-55)18-20-40/h17-20,31,33-38,42-48,62,64-66H,16,21-30,32H2,1-15H3/t33-,34-,35+,36-,37+,38-,42+,43-,44?,45-,46-,47-,48-,50+,51+,52-,53-,54+/m1/s1. The fourth-order valence-electron chi connectivity index (χ4n) is 12.8. The van der Waals surface area contributed by atoms with Gasteiger partial charge in [-0.1, -0.05) is 64.1 Å². The fourth-order valence-corrected chi connectivity index (χ4v) is 13.0. The van der Waals surface area contributed by atoms with Crippen molar-refractivity contribution >= 4 is 17.6 Å². The van der Waals surface area contributed by atoms with E-state index >= 15 is 0 Å². The number of nitrogens with zero attached hydrogens (tertiary/aromatic N) is 5. The van der Waals surface area contributed by atoms with Gasteiger partial charge in [0.15, 0.2) is 5.79 Å². The summed E-state index contributed by atoms with van der Waals surface area (Å²) in [6.07, 6.45) is 0.893. The van der Waals surface area contributed by atoms with Crippen LogP contribution >= 0.6 is 11.6 Å². The highest BCUT2D eigenvalue weighted by Gasteiger charge is 2.59. The number of benzene rings is 1. The number of cyclic esters (lactones) is 1. The number of rotatable bonds is 15. The highest BCUT2D eigenvalue weighted by Crippen LogP contribution is 2.55. The molecule has 406 valence electrons. The Morgan fingerprint density at radius 2 is 1.65 bits per heavy atom. The summed E-state index contributed by atoms with van der Waals surface area (Å²) in [5.74, 6) is -3.90. The molecule has 3 saturated heterocycles. The molecule has 1 aromatic carbocycles. The van der Waals surface area contributed by atoms with Gasteiger partial charge in [0, 0.05) is 94.9 Å². The van der Waals surface area contributed by atoms with Crippen LogP contribution < -0.4 is 0 Å². The molecule has 0 amide bonds. The Balaban J connectivity index is 1.48. The summed E-state index contributed by atoms with van der Waals surface area (Å²) in [6.45, 7) is 21.3. The van der Waals surface area contributed by atoms with Gasteiger partial charge >= 0.3 is 5.97 Å². The maximum absolute atomic E-state index is 14.8. The monoisotopic (exact) mass is 1020 g/mol. The Kier molecular flexibility index (Phi) is 20.2. The van der Waals surface area contributed by atoms with Crippen molar-refractivity contribution in [2.24, 2.45) is 29.1 Å². The number of ether oxygens (including phenoxy) is 5. The second kappa shape index (κ2) is 24.1. The van der Waals surface area contributed by atoms with Gasteiger partial charge in [-0.05, 0) is 97.9 Å². The maximum atomic E-state index is 14.8. The van der Waals surface area contributed by atoms with Crippen LogP contribution in [-0.2, 0) is 40.8 Å². The number of carbonyl (C=O) groups is 1. The number of hydrogen-bond donors (Lipinski definition) is 4. The Hall–Kier alpha value is -2.35. The van der Waals surface area contributed by atoms with E-state index in [4.69, 9.17) is 35.3 Å². The average molecular weight is 1020 g/mol. The Bertz CT molecular complexity index is 2000. The summed E-state index contributed by atoms with van der Waals surface area (Å²) in [5.41, 5.74) is -2.49. The summed E-state index contributed by atoms with van der Waals surface area (Å²) in [6, 6.07) is 6.19. The molecule has 3 aliphatic rings. The minimum atomic E-state index is -1.78. The van der Waals surface area contributed by atoms with Crippen molar-refractivity contribution in [2.75, 3.05) is 48.1 Å². The van der Waals surface area contributed by atoms with Crippen LogP contribution in [0.15, 0.2) is 30.5 Å². The lowest BCUT2D eigenvalue weighted by Gasteiger charge is -2.57. The summed E-state index contributed by atoms with van der Waals surface area (Å²) < 4.78 is 47.9. The number of hydrogen-bond acceptors (Lipinski definition) is 14. The molecule has 0 spiro atoms. The third-order valence-electron chi connectivity index (χ3n) is 17.5. The number of esters is 1. The SMILES string of the molecule is CC[C@H]1OC(=O)[C@H](C)[C@@H](C2C[C@@](C)(OC)C[C@H](C)O2)[C@H](C)[C@](C)(C[C@]2(O)C[C@@H](N(C)CCc3cn([C@H](CF)[C@H](OC)c4ccc(CCl)cc4)nn3)C[C@@H](C)O2)[C@](C)(O)C[C@@H](C)CN(C)[C@H](C)[C@@H](O)[C@]1(C)O. The number of aliphatic hydroxyl groups is 4. The van der Waals surface area contributed by atoms with E-state index in [-0.39, 0.29) is 43.4 Å². The van der Waals surface area contributed by atoms with Crippen LogP contribution in [0.1, 0.15) is 150 Å². The van der Waals surface area contributed by atoms with Crippen LogP contribution in [0.3, 0.4) is 0 Å². The number of methoxy groups -OCH3 is 2. The van der Waals surface area contributed by atoms with E-state index in [1.807, 2.05) is 91.7 Å². The van der Waals surface area contributed by atoms with Crippen molar-refractivity contribution in [2.45, 2.75) is 211 Å². The van der Waals surface area contributed by atoms with Gasteiger partial charge in [0.2, 0.25) is 0 Å². The Labute approximate surface area is 429 Å². The molecule has 15 nitrogen and oxygen atoms in total. The van der Waals surface area contributed by atoms with Crippen LogP contribution in [0.5, 0.6) is 0 Å². The lowest BCUT2D eigenvalue weighted by Crippen LogP contribution is -2.61. The van der Waals surface area contributed by atoms with Gasteiger partial charge in [-0.2, -0.15) is 0 Å². The number of alkyl halides is 2. The van der Waals surface area contributed by atoms with Crippen LogP contribution in [0.25, 0.3) is 0 Å². The van der Waals surface area contributed by atoms with Gasteiger partial charge in [-0.25, -0.2) is 9.07 Å². The van der Waals surface area contributed by atoms with E-state index in [0.29, 0.717) is 56.8 Å². The first kappa shape index (κ1) is 59.5. The fraction of sp³-hybridized carbons (Fsp3) is 0.833. The lowest BCUT2D eigenvalue weighted by molar-refractivity contribution is -0.295. The molecular weight excluding hydrogens is 933 g/mol. The molecule has 0 radical (unpaired) electrons. The van der Waals surface area contributed by atoms with E-state index in [1.54, 1.807) is 20.4 Å². The molecule has 2 aromatic rings. The quantitative estimate of drug-likeness (QED) is 0.102. The predicted molar refractivity (Wildman–Crippen MR) is 272 cm³/mol. The number of aromatic nitrogens is 3. The molecule has 1 aromatic heterocycles. The van der Waals surface area contributed by atoms with E-state index in [2.05, 4.69) is 36.0 Å². The normalized spacial score (nSPS) is 40.4. The van der Waals surface area contributed by atoms with Crippen LogP contribution in [0.4, 0.5) is 4.39 Å². The first-order chi connectivity index (χ1) is 33.1. The molecular formula is C54H91ClFN5O10. The summed E-state index contributed by atoms with van der Waals surface area (Å²) in [4.78, 5) is 18.9. The third-order valence-corrected chi connectivity index (χ3v) is 17.8. The van der Waals surface area contributed by atoms with E-state index < -0.39 is 94.9 Å². The first-order valence-electron chi connectivity index (χ1n) is 26.1. The molecule has 5 rings (SSSR count). The highest BCUT2D eigenvalue weighted by molar-refractivity contribution is 6.17. The molecule has 18 atom stereocenters. The van der Waals surface area contributed by atoms with Crippen LogP contribution in [0, 0.1) is 29.1 Å². The molecule has 0 aliphatic carbocycles. The van der Waals surface area contributed by atoms with Crippen molar-refractivity contribution in [3.63, 3.8) is 0 Å². The molecule has 17 heteroatoms. The topological polar surface area (TPSA) is 181 Å². The molecule has 1 unspecified atom stereocenters. The first-order valence-corrected chi connectivity index (χ1v) is 26.6. The predicted octanol–water partition coefficient (Wildman–Crippen LogP) is 7.45. The smallest absolute Gasteiger partial charge is 0.309 e. The lowest BCUT2D eigenvalue weighted by atomic mass is 9.54. The minimum absolute atomic E-state index is 0.0309. The van der Waals surface area contributed by atoms with Gasteiger partial charge in [-0.3, -0.25) is 4.79 Å². The summed E-state index contributed by atoms with van der Waals surface area (Å²) in [7, 11) is 7.15. The van der Waals surface area contributed by atoms with Crippen LogP contribution in [0.2, 0.25) is 0 Å². The number of halogens is 2. The molecule has 3 fully saturated rings. The zero-order chi connectivity index (χ0) is 53.0. The second-order valence-corrected chi connectivity index (χ2v) is 23.5. The zero-order valence-electron chi connectivity index (χ0n) is 45.6. The van der Waals surface area contributed by atoms with Gasteiger partial charge in [-0.15, -0.1) is 16.7 Å². The molecule has 0 bridgehead atoms. The minimum Gasteiger partial charge on any atom is -0.459 e. The van der Waals surface area contributed by atoms with Gasteiger partial charge in [0.1, 0.15) is 36.6 Å². The highest BCUT2D eigenvalue weighted by atomic mass is 35.5. The van der Waals surface area contributed by atoms with Crippen molar-refractivity contribution < 1.29 is 53.3 Å². The largest absolute Gasteiger partial charge is 0.459 e. The van der Waals surface area contributed by atoms with Gasteiger partial charge < -0.3 is 53.9 Å². The van der Waals surface area contributed by atoms with Crippen molar-refractivity contribution in [1.82, 2.24) is 24.8 Å². The van der Waals surface area contributed by atoms with Gasteiger partial charge in [0.25, 0.3) is 0 Å². The Morgan fingerprint density at radius 1 is 0.986 bits per heavy atom. The van der Waals surface area contributed by atoms with Crippen molar-refractivity contribution in [3.05, 3.63) is 47.3 Å². The molecule has 4 heterocycles. The van der Waals surface area contributed by atoms with E-state index in [1.165, 1.54) is 11.6 Å². The summed E-state index contributed by atoms with van der Waals surface area (Å²) >= 11 is 6.01. The van der Waals surface area contributed by atoms with Crippen LogP contribution in [-0.4, -0.2) is 164 Å². The Morgan fingerprint density at radius 3 is 2.24 bits per heavy atom. The summed E-state index contributed by atoms with van der Waals surface area (Å²) in [5, 5.41) is 58.8.